The highest BCUT2D eigenvalue weighted by molar-refractivity contribution is 5.97. The fraction of sp³-hybridized carbons (Fsp3) is 0.423. The van der Waals surface area contributed by atoms with E-state index in [9.17, 15) is 4.79 Å². The van der Waals surface area contributed by atoms with Crippen LogP contribution in [0.3, 0.4) is 0 Å². The molecule has 2 aliphatic heterocycles. The molecule has 1 aromatic heterocycles. The third-order valence-electron chi connectivity index (χ3n) is 7.27. The minimum absolute atomic E-state index is 0.0409. The highest BCUT2D eigenvalue weighted by atomic mass is 19.1. The van der Waals surface area contributed by atoms with Gasteiger partial charge in [-0.3, -0.25) is 9.78 Å². The smallest absolute Gasteiger partial charge is 0.278 e. The molecule has 2 saturated carbocycles. The Kier molecular flexibility index (Phi) is 4.85. The molecule has 1 aromatic carbocycles. The number of pyridine rings is 2. The average molecular weight is 464 g/mol. The normalized spacial score (nSPS) is 21.0. The zero-order valence-corrected chi connectivity index (χ0v) is 19.3. The van der Waals surface area contributed by atoms with Crippen LogP contribution in [-0.4, -0.2) is 25.4 Å². The summed E-state index contributed by atoms with van der Waals surface area (Å²) in [5.74, 6) is -1.30. The molecule has 3 heterocycles. The minimum atomic E-state index is -0.671. The topological polar surface area (TPSA) is 78.7 Å². The van der Waals surface area contributed by atoms with Crippen LogP contribution in [-0.2, 0) is 0 Å². The predicted molar refractivity (Wildman–Crippen MR) is 127 cm³/mol. The molecule has 6 nitrogen and oxygen atoms in total. The Morgan fingerprint density at radius 3 is 2.26 bits per heavy atom. The van der Waals surface area contributed by atoms with Gasteiger partial charge in [0.2, 0.25) is 0 Å². The molecule has 2 N–H and O–H groups in total. The Bertz CT molecular complexity index is 1440. The summed E-state index contributed by atoms with van der Waals surface area (Å²) >= 11 is 0. The molecule has 2 fully saturated rings. The summed E-state index contributed by atoms with van der Waals surface area (Å²) in [6, 6.07) is 4.93. The zero-order chi connectivity index (χ0) is 23.7. The number of nitrogens with two attached hydrogens (primary N) is 1. The van der Waals surface area contributed by atoms with Crippen molar-refractivity contribution in [3.8, 4) is 22.4 Å². The number of rotatable bonds is 3. The van der Waals surface area contributed by atoms with Gasteiger partial charge in [0.1, 0.15) is 11.5 Å². The first kappa shape index (κ1) is 21.4. The van der Waals surface area contributed by atoms with Crippen LogP contribution < -0.4 is 11.3 Å². The maximum Gasteiger partial charge on any atom is 0.278 e. The van der Waals surface area contributed by atoms with Crippen molar-refractivity contribution in [2.75, 3.05) is 0 Å². The highest BCUT2D eigenvalue weighted by Gasteiger charge is 2.33. The second kappa shape index (κ2) is 7.70. The van der Waals surface area contributed by atoms with Crippen LogP contribution in [0.1, 0.15) is 62.0 Å². The van der Waals surface area contributed by atoms with Crippen molar-refractivity contribution in [1.29, 1.82) is 0 Å². The summed E-state index contributed by atoms with van der Waals surface area (Å²) in [6.07, 6.45) is 6.74. The Balaban J connectivity index is 1.62. The Hall–Kier alpha value is -3.13. The Morgan fingerprint density at radius 1 is 0.971 bits per heavy atom. The SMILES string of the molecule is Cc1cc(-c2c(F)cc3c4nn([C@H]5CC[C@H](N)CC5)c(=O)c-4cn(C4CC4)c3c2F)cc(C)n1. The number of fused-ring (bicyclic) bond motifs is 3. The monoisotopic (exact) mass is 463 g/mol. The summed E-state index contributed by atoms with van der Waals surface area (Å²) in [4.78, 5) is 17.7. The first-order valence-electron chi connectivity index (χ1n) is 12.0. The predicted octanol–water partition coefficient (Wildman–Crippen LogP) is 5.04. The van der Waals surface area contributed by atoms with Crippen LogP contribution in [0, 0.1) is 25.5 Å². The molecule has 0 amide bonds. The van der Waals surface area contributed by atoms with E-state index < -0.39 is 11.6 Å². The molecule has 6 rings (SSSR count). The summed E-state index contributed by atoms with van der Waals surface area (Å²) in [5.41, 5.74) is 8.69. The lowest BCUT2D eigenvalue weighted by molar-refractivity contribution is 0.300. The number of aromatic nitrogens is 4. The number of aryl methyl sites for hydroxylation is 2. The van der Waals surface area contributed by atoms with Crippen molar-refractivity contribution < 1.29 is 8.78 Å². The van der Waals surface area contributed by atoms with Crippen molar-refractivity contribution >= 4 is 10.9 Å². The van der Waals surface area contributed by atoms with Crippen molar-refractivity contribution in [1.82, 2.24) is 19.3 Å². The van der Waals surface area contributed by atoms with Gasteiger partial charge in [0.15, 0.2) is 5.82 Å². The van der Waals surface area contributed by atoms with Crippen molar-refractivity contribution in [3.63, 3.8) is 0 Å². The van der Waals surface area contributed by atoms with E-state index in [0.29, 0.717) is 39.1 Å². The van der Waals surface area contributed by atoms with Crippen LogP contribution in [0.25, 0.3) is 33.3 Å². The third kappa shape index (κ3) is 3.35. The standard InChI is InChI=1S/C26H27F2N5O/c1-13-9-15(10-14(2)30-13)22-21(27)11-19-24-20(12-32(17-7-8-17)25(19)23(22)28)26(34)33(31-24)18-5-3-16(29)4-6-18/h9-12,16-18H,3-8,29H2,1-2H3/t16-,18-. The molecule has 176 valence electrons. The average Bonchev–Trinajstić information content (AvgIpc) is 3.57. The summed E-state index contributed by atoms with van der Waals surface area (Å²) in [6.45, 7) is 3.61. The molecule has 0 unspecified atom stereocenters. The highest BCUT2D eigenvalue weighted by Crippen LogP contribution is 2.43. The van der Waals surface area contributed by atoms with E-state index in [4.69, 9.17) is 5.73 Å². The fourth-order valence-corrected chi connectivity index (χ4v) is 5.47. The van der Waals surface area contributed by atoms with Gasteiger partial charge in [0.25, 0.3) is 5.56 Å². The number of nitrogens with zero attached hydrogens (tertiary/aromatic N) is 4. The summed E-state index contributed by atoms with van der Waals surface area (Å²) < 4.78 is 35.0. The maximum atomic E-state index is 16.2. The van der Waals surface area contributed by atoms with E-state index in [1.165, 1.54) is 10.7 Å². The van der Waals surface area contributed by atoms with E-state index in [1.807, 2.05) is 18.4 Å². The number of halogens is 2. The second-order valence-electron chi connectivity index (χ2n) is 9.93. The van der Waals surface area contributed by atoms with Gasteiger partial charge in [0.05, 0.1) is 22.7 Å². The van der Waals surface area contributed by atoms with E-state index in [1.54, 1.807) is 18.3 Å². The van der Waals surface area contributed by atoms with Crippen molar-refractivity contribution in [2.24, 2.45) is 5.73 Å². The van der Waals surface area contributed by atoms with Crippen LogP contribution >= 0.6 is 0 Å². The second-order valence-corrected chi connectivity index (χ2v) is 9.93. The molecule has 0 radical (unpaired) electrons. The van der Waals surface area contributed by atoms with Gasteiger partial charge in [-0.15, -0.1) is 0 Å². The molecule has 0 atom stereocenters. The molecule has 34 heavy (non-hydrogen) atoms. The fourth-order valence-electron chi connectivity index (χ4n) is 5.47. The van der Waals surface area contributed by atoms with Gasteiger partial charge in [-0.2, -0.15) is 5.10 Å². The van der Waals surface area contributed by atoms with Gasteiger partial charge in [-0.05, 0) is 76.1 Å². The van der Waals surface area contributed by atoms with E-state index in [2.05, 4.69) is 10.1 Å². The molecular formula is C26H27F2N5O. The Morgan fingerprint density at radius 2 is 1.62 bits per heavy atom. The lowest BCUT2D eigenvalue weighted by atomic mass is 9.92. The van der Waals surface area contributed by atoms with E-state index in [0.717, 1.165) is 38.5 Å². The first-order chi connectivity index (χ1) is 16.3. The molecule has 0 saturated heterocycles. The largest absolute Gasteiger partial charge is 0.341 e. The van der Waals surface area contributed by atoms with Gasteiger partial charge in [-0.25, -0.2) is 13.5 Å². The van der Waals surface area contributed by atoms with Crippen LogP contribution in [0.5, 0.6) is 0 Å². The molecule has 0 spiro atoms. The molecule has 0 bridgehead atoms. The maximum absolute atomic E-state index is 16.2. The van der Waals surface area contributed by atoms with Gasteiger partial charge in [-0.1, -0.05) is 0 Å². The zero-order valence-electron chi connectivity index (χ0n) is 19.3. The summed E-state index contributed by atoms with van der Waals surface area (Å²) in [7, 11) is 0. The van der Waals surface area contributed by atoms with Crippen LogP contribution in [0.4, 0.5) is 8.78 Å². The third-order valence-corrected chi connectivity index (χ3v) is 7.27. The van der Waals surface area contributed by atoms with Crippen molar-refractivity contribution in [2.45, 2.75) is 70.5 Å². The lowest BCUT2D eigenvalue weighted by Gasteiger charge is -2.25. The van der Waals surface area contributed by atoms with Crippen LogP contribution in [0.15, 0.2) is 29.2 Å². The van der Waals surface area contributed by atoms with Crippen molar-refractivity contribution in [3.05, 3.63) is 57.8 Å². The van der Waals surface area contributed by atoms with Gasteiger partial charge < -0.3 is 10.3 Å². The number of hydrogen-bond donors (Lipinski definition) is 1. The molecule has 8 heteroatoms. The number of hydrogen-bond acceptors (Lipinski definition) is 4. The minimum Gasteiger partial charge on any atom is -0.341 e. The van der Waals surface area contributed by atoms with Gasteiger partial charge in [0, 0.05) is 35.1 Å². The van der Waals surface area contributed by atoms with E-state index in [-0.39, 0.29) is 29.2 Å². The Labute approximate surface area is 195 Å². The van der Waals surface area contributed by atoms with E-state index >= 15 is 8.78 Å². The quantitative estimate of drug-likeness (QED) is 0.462. The van der Waals surface area contributed by atoms with Crippen LogP contribution in [0.2, 0.25) is 0 Å². The lowest BCUT2D eigenvalue weighted by Crippen LogP contribution is -2.31. The molecular weight excluding hydrogens is 436 g/mol. The molecule has 2 aromatic rings. The first-order valence-corrected chi connectivity index (χ1v) is 12.0. The molecule has 4 aliphatic rings. The summed E-state index contributed by atoms with van der Waals surface area (Å²) in [5, 5.41) is 4.97. The number of benzene rings is 1. The van der Waals surface area contributed by atoms with Gasteiger partial charge >= 0.3 is 0 Å². The molecule has 2 aliphatic carbocycles.